The lowest BCUT2D eigenvalue weighted by Gasteiger charge is -2.31. The van der Waals surface area contributed by atoms with Crippen LogP contribution in [0.25, 0.3) is 0 Å². The summed E-state index contributed by atoms with van der Waals surface area (Å²) in [6.07, 6.45) is 6.03. The van der Waals surface area contributed by atoms with E-state index in [4.69, 9.17) is 5.73 Å². The van der Waals surface area contributed by atoms with E-state index in [0.717, 1.165) is 52.7 Å². The first-order valence-electron chi connectivity index (χ1n) is 7.45. The van der Waals surface area contributed by atoms with Crippen LogP contribution in [0.3, 0.4) is 0 Å². The quantitative estimate of drug-likeness (QED) is 0.880. The maximum Gasteiger partial charge on any atom is 0.147 e. The minimum atomic E-state index is 0.663. The van der Waals surface area contributed by atoms with Gasteiger partial charge in [0.05, 0.1) is 12.4 Å². The number of halogens is 1. The van der Waals surface area contributed by atoms with Crippen molar-refractivity contribution in [3.05, 3.63) is 41.1 Å². The van der Waals surface area contributed by atoms with E-state index in [2.05, 4.69) is 42.9 Å². The van der Waals surface area contributed by atoms with E-state index in [1.54, 1.807) is 11.8 Å². The lowest BCUT2D eigenvalue weighted by Crippen LogP contribution is -2.36. The number of aromatic nitrogens is 2. The highest BCUT2D eigenvalue weighted by atomic mass is 79.9. The first kappa shape index (κ1) is 15.8. The molecule has 1 saturated heterocycles. The van der Waals surface area contributed by atoms with Gasteiger partial charge in [-0.15, -0.1) is 0 Å². The summed E-state index contributed by atoms with van der Waals surface area (Å²) in [5.41, 5.74) is 5.74. The zero-order valence-electron chi connectivity index (χ0n) is 12.3. The Kier molecular flexibility index (Phi) is 5.33. The highest BCUT2D eigenvalue weighted by Crippen LogP contribution is 2.28. The molecule has 116 valence electrons. The van der Waals surface area contributed by atoms with Gasteiger partial charge < -0.3 is 10.6 Å². The Balaban J connectivity index is 1.63. The van der Waals surface area contributed by atoms with Gasteiger partial charge in [-0.05, 0) is 43.5 Å². The average Bonchev–Trinajstić information content (AvgIpc) is 2.56. The summed E-state index contributed by atoms with van der Waals surface area (Å²) in [6, 6.07) is 8.19. The fraction of sp³-hybridized carbons (Fsp3) is 0.375. The number of anilines is 1. The van der Waals surface area contributed by atoms with Crippen molar-refractivity contribution >= 4 is 33.5 Å². The Labute approximate surface area is 143 Å². The Bertz CT molecular complexity index is 612. The fourth-order valence-corrected chi connectivity index (χ4v) is 3.91. The lowest BCUT2D eigenvalue weighted by atomic mass is 9.97. The normalized spacial score (nSPS) is 16.0. The molecule has 1 aromatic carbocycles. The molecule has 2 N–H and O–H groups in total. The largest absolute Gasteiger partial charge is 0.355 e. The summed E-state index contributed by atoms with van der Waals surface area (Å²) < 4.78 is 1.07. The van der Waals surface area contributed by atoms with Crippen molar-refractivity contribution in [3.63, 3.8) is 0 Å². The first-order chi connectivity index (χ1) is 10.7. The highest BCUT2D eigenvalue weighted by molar-refractivity contribution is 9.10. The zero-order valence-corrected chi connectivity index (χ0v) is 14.7. The van der Waals surface area contributed by atoms with E-state index in [9.17, 15) is 0 Å². The maximum absolute atomic E-state index is 5.74. The minimum Gasteiger partial charge on any atom is -0.355 e. The molecule has 0 spiro atoms. The summed E-state index contributed by atoms with van der Waals surface area (Å²) in [6.45, 7) is 2.84. The van der Waals surface area contributed by atoms with Crippen molar-refractivity contribution in [3.8, 4) is 0 Å². The van der Waals surface area contributed by atoms with Crippen molar-refractivity contribution in [2.45, 2.75) is 22.8 Å². The maximum atomic E-state index is 5.74. The first-order valence-corrected chi connectivity index (χ1v) is 9.06. The number of hydrogen-bond acceptors (Lipinski definition) is 5. The van der Waals surface area contributed by atoms with Crippen molar-refractivity contribution in [1.82, 2.24) is 9.97 Å². The molecule has 2 aromatic rings. The zero-order chi connectivity index (χ0) is 15.4. The van der Waals surface area contributed by atoms with Gasteiger partial charge in [-0.25, -0.2) is 9.97 Å². The van der Waals surface area contributed by atoms with E-state index in [0.29, 0.717) is 5.92 Å². The van der Waals surface area contributed by atoms with Crippen LogP contribution in [0, 0.1) is 5.92 Å². The van der Waals surface area contributed by atoms with E-state index in [1.807, 2.05) is 24.5 Å². The van der Waals surface area contributed by atoms with Crippen molar-refractivity contribution < 1.29 is 0 Å². The van der Waals surface area contributed by atoms with Crippen molar-refractivity contribution in [2.75, 3.05) is 24.5 Å². The summed E-state index contributed by atoms with van der Waals surface area (Å²) >= 11 is 5.11. The summed E-state index contributed by atoms with van der Waals surface area (Å²) in [5.74, 6) is 1.63. The van der Waals surface area contributed by atoms with Crippen molar-refractivity contribution in [2.24, 2.45) is 11.7 Å². The summed E-state index contributed by atoms with van der Waals surface area (Å²) in [4.78, 5) is 12.6. The van der Waals surface area contributed by atoms with Gasteiger partial charge in [-0.2, -0.15) is 0 Å². The van der Waals surface area contributed by atoms with Gasteiger partial charge in [0.15, 0.2) is 0 Å². The number of nitrogens with two attached hydrogens (primary N) is 1. The van der Waals surface area contributed by atoms with Crippen LogP contribution >= 0.6 is 27.7 Å². The molecule has 2 heterocycles. The molecule has 1 aliphatic heterocycles. The molecule has 22 heavy (non-hydrogen) atoms. The van der Waals surface area contributed by atoms with Crippen LogP contribution in [0.4, 0.5) is 5.82 Å². The van der Waals surface area contributed by atoms with Crippen LogP contribution in [0.2, 0.25) is 0 Å². The number of piperidine rings is 1. The number of benzene rings is 1. The Morgan fingerprint density at radius 2 is 2.05 bits per heavy atom. The molecule has 0 bridgehead atoms. The van der Waals surface area contributed by atoms with Crippen LogP contribution in [0.15, 0.2) is 51.1 Å². The molecular weight excluding hydrogens is 360 g/mol. The Morgan fingerprint density at radius 3 is 2.68 bits per heavy atom. The summed E-state index contributed by atoms with van der Waals surface area (Å²) in [7, 11) is 0. The van der Waals surface area contributed by atoms with Crippen LogP contribution in [0.1, 0.15) is 12.8 Å². The number of hydrogen-bond donors (Lipinski definition) is 1. The predicted octanol–water partition coefficient (Wildman–Crippen LogP) is 3.57. The molecule has 0 amide bonds. The third kappa shape index (κ3) is 4.00. The molecule has 1 aromatic heterocycles. The van der Waals surface area contributed by atoms with E-state index in [1.165, 1.54) is 0 Å². The van der Waals surface area contributed by atoms with Gasteiger partial charge in [-0.1, -0.05) is 33.8 Å². The van der Waals surface area contributed by atoms with Crippen LogP contribution < -0.4 is 10.6 Å². The molecule has 4 nitrogen and oxygen atoms in total. The topological polar surface area (TPSA) is 55.0 Å². The molecule has 0 atom stereocenters. The highest BCUT2D eigenvalue weighted by Gasteiger charge is 2.19. The van der Waals surface area contributed by atoms with Gasteiger partial charge in [-0.3, -0.25) is 0 Å². The van der Waals surface area contributed by atoms with E-state index >= 15 is 0 Å². The molecular formula is C16H19BrN4S. The number of nitrogens with zero attached hydrogens (tertiary/aromatic N) is 3. The van der Waals surface area contributed by atoms with Gasteiger partial charge in [0.2, 0.25) is 0 Å². The molecule has 0 radical (unpaired) electrons. The molecule has 0 aliphatic carbocycles. The van der Waals surface area contributed by atoms with Gasteiger partial charge in [0, 0.05) is 22.5 Å². The van der Waals surface area contributed by atoms with Gasteiger partial charge in [0.25, 0.3) is 0 Å². The van der Waals surface area contributed by atoms with E-state index < -0.39 is 0 Å². The second-order valence-corrected chi connectivity index (χ2v) is 7.45. The molecule has 0 unspecified atom stereocenters. The Morgan fingerprint density at radius 1 is 1.23 bits per heavy atom. The van der Waals surface area contributed by atoms with Crippen LogP contribution in [-0.2, 0) is 0 Å². The SMILES string of the molecule is NCC1CCN(c2cnc(Sc3cccc(Br)c3)cn2)CC1. The fourth-order valence-electron chi connectivity index (χ4n) is 2.57. The molecule has 0 saturated carbocycles. The molecule has 1 aliphatic rings. The average molecular weight is 379 g/mol. The monoisotopic (exact) mass is 378 g/mol. The third-order valence-electron chi connectivity index (χ3n) is 3.90. The lowest BCUT2D eigenvalue weighted by molar-refractivity contribution is 0.413. The Hall–Kier alpha value is -1.11. The molecule has 1 fully saturated rings. The van der Waals surface area contributed by atoms with Crippen LogP contribution in [-0.4, -0.2) is 29.6 Å². The van der Waals surface area contributed by atoms with Gasteiger partial charge in [0.1, 0.15) is 10.8 Å². The third-order valence-corrected chi connectivity index (χ3v) is 5.31. The minimum absolute atomic E-state index is 0.663. The predicted molar refractivity (Wildman–Crippen MR) is 94.3 cm³/mol. The second-order valence-electron chi connectivity index (χ2n) is 5.44. The van der Waals surface area contributed by atoms with E-state index in [-0.39, 0.29) is 0 Å². The molecule has 3 rings (SSSR count). The van der Waals surface area contributed by atoms with Crippen LogP contribution in [0.5, 0.6) is 0 Å². The van der Waals surface area contributed by atoms with Gasteiger partial charge >= 0.3 is 0 Å². The number of rotatable bonds is 4. The standard InChI is InChI=1S/C16H19BrN4S/c17-13-2-1-3-14(8-13)22-16-11-19-15(10-20-16)21-6-4-12(9-18)5-7-21/h1-3,8,10-12H,4-7,9,18H2. The van der Waals surface area contributed by atoms with Crippen molar-refractivity contribution in [1.29, 1.82) is 0 Å². The summed E-state index contributed by atoms with van der Waals surface area (Å²) in [5, 5.41) is 0.915. The second kappa shape index (κ2) is 7.44. The smallest absolute Gasteiger partial charge is 0.147 e. The molecule has 6 heteroatoms.